The number of likely N-dealkylation sites (tertiary alicyclic amines) is 1. The lowest BCUT2D eigenvalue weighted by Crippen LogP contribution is -2.50. The molecule has 3 N–H and O–H groups in total. The molecular weight excluding hydrogens is 554 g/mol. The quantitative estimate of drug-likeness (QED) is 0.275. The number of nitrogens with zero attached hydrogens (tertiary/aromatic N) is 3. The molecule has 0 aliphatic carbocycles. The number of fused-ring (bicyclic) bond motifs is 1. The van der Waals surface area contributed by atoms with Crippen molar-refractivity contribution in [1.29, 1.82) is 0 Å². The highest BCUT2D eigenvalue weighted by molar-refractivity contribution is 7.98. The molecule has 0 saturated carbocycles. The van der Waals surface area contributed by atoms with Crippen LogP contribution < -0.4 is 5.32 Å². The van der Waals surface area contributed by atoms with Crippen molar-refractivity contribution >= 4 is 50.3 Å². The zero-order valence-corrected chi connectivity index (χ0v) is 23.8. The molecule has 1 fully saturated rings. The molecule has 0 radical (unpaired) electrons. The normalized spacial score (nSPS) is 16.4. The van der Waals surface area contributed by atoms with Gasteiger partial charge in [0.1, 0.15) is 6.04 Å². The van der Waals surface area contributed by atoms with Crippen LogP contribution in [0.3, 0.4) is 0 Å². The Morgan fingerprint density at radius 1 is 1.23 bits per heavy atom. The molecule has 1 aromatic heterocycles. The van der Waals surface area contributed by atoms with Crippen molar-refractivity contribution in [2.75, 3.05) is 31.6 Å². The van der Waals surface area contributed by atoms with Gasteiger partial charge in [0.05, 0.1) is 24.2 Å². The van der Waals surface area contributed by atoms with E-state index < -0.39 is 40.5 Å². The molecule has 11 nitrogen and oxygen atoms in total. The number of hydrogen-bond acceptors (Lipinski definition) is 7. The number of aromatic nitrogens is 2. The van der Waals surface area contributed by atoms with E-state index in [9.17, 15) is 27.9 Å². The van der Waals surface area contributed by atoms with Crippen LogP contribution in [0.25, 0.3) is 10.8 Å². The van der Waals surface area contributed by atoms with Crippen molar-refractivity contribution in [1.82, 2.24) is 24.5 Å². The fourth-order valence-electron chi connectivity index (χ4n) is 4.94. The van der Waals surface area contributed by atoms with Gasteiger partial charge in [-0.2, -0.15) is 16.1 Å². The number of thioether (sulfide) groups is 1. The Morgan fingerprint density at radius 2 is 2.00 bits per heavy atom. The largest absolute Gasteiger partial charge is 0.480 e. The second-order valence-corrected chi connectivity index (χ2v) is 12.5. The number of carboxylic acid groups (broad SMARTS) is 1. The Hall–Kier alpha value is -3.42. The Morgan fingerprint density at radius 3 is 2.73 bits per heavy atom. The van der Waals surface area contributed by atoms with E-state index in [1.54, 1.807) is 41.4 Å². The molecule has 2 aromatic carbocycles. The van der Waals surface area contributed by atoms with Crippen molar-refractivity contribution in [3.8, 4) is 0 Å². The fraction of sp³-hybridized carbons (Fsp3) is 0.407. The summed E-state index contributed by atoms with van der Waals surface area (Å²) in [5, 5.41) is 13.3. The first-order valence-corrected chi connectivity index (χ1v) is 15.8. The van der Waals surface area contributed by atoms with Gasteiger partial charge in [0, 0.05) is 36.4 Å². The van der Waals surface area contributed by atoms with Gasteiger partial charge in [0.2, 0.25) is 21.8 Å². The second-order valence-electron chi connectivity index (χ2n) is 9.65. The van der Waals surface area contributed by atoms with E-state index in [1.165, 1.54) is 24.2 Å². The molecule has 4 rings (SSSR count). The standard InChI is InChI=1S/C27H33N5O6S2/c1-39-13-11-23(27(35)36)30-25(33)17-31(40(37,38)24-10-4-7-19-6-2-3-9-22(19)24)16-21-8-5-12-32(21)26(34)14-20-15-28-18-29-20/h2-4,6-7,9-10,15,18,21,23H,5,8,11-14,16-17H2,1H3,(H,28,29)(H,30,33)(H,35,36)/t21-,23?/m0/s1. The number of aromatic amines is 1. The number of carbonyl (C=O) groups is 3. The maximum absolute atomic E-state index is 14.1. The summed E-state index contributed by atoms with van der Waals surface area (Å²) in [4.78, 5) is 46.5. The maximum Gasteiger partial charge on any atom is 0.326 e. The van der Waals surface area contributed by atoms with Crippen LogP contribution in [0, 0.1) is 0 Å². The summed E-state index contributed by atoms with van der Waals surface area (Å²) in [5.41, 5.74) is 0.653. The van der Waals surface area contributed by atoms with Gasteiger partial charge in [0.15, 0.2) is 0 Å². The molecule has 2 heterocycles. The number of rotatable bonds is 13. The van der Waals surface area contributed by atoms with E-state index in [4.69, 9.17) is 0 Å². The highest BCUT2D eigenvalue weighted by atomic mass is 32.2. The van der Waals surface area contributed by atoms with Crippen molar-refractivity contribution < 1.29 is 27.9 Å². The molecule has 0 spiro atoms. The highest BCUT2D eigenvalue weighted by Crippen LogP contribution is 2.28. The van der Waals surface area contributed by atoms with Gasteiger partial charge >= 0.3 is 5.97 Å². The lowest BCUT2D eigenvalue weighted by molar-refractivity contribution is -0.142. The first-order chi connectivity index (χ1) is 19.2. The number of imidazole rings is 1. The average molecular weight is 588 g/mol. The van der Waals surface area contributed by atoms with Gasteiger partial charge in [-0.05, 0) is 42.7 Å². The monoisotopic (exact) mass is 587 g/mol. The van der Waals surface area contributed by atoms with Crippen molar-refractivity contribution in [3.63, 3.8) is 0 Å². The van der Waals surface area contributed by atoms with Crippen LogP contribution in [0.2, 0.25) is 0 Å². The molecule has 1 saturated heterocycles. The van der Waals surface area contributed by atoms with Crippen molar-refractivity contribution in [2.45, 2.75) is 42.7 Å². The molecule has 0 bridgehead atoms. The lowest BCUT2D eigenvalue weighted by Gasteiger charge is -2.30. The molecule has 3 aromatic rings. The highest BCUT2D eigenvalue weighted by Gasteiger charge is 2.36. The summed E-state index contributed by atoms with van der Waals surface area (Å²) in [6.07, 6.45) is 6.47. The number of hydrogen-bond donors (Lipinski definition) is 3. The summed E-state index contributed by atoms with van der Waals surface area (Å²) in [7, 11) is -4.22. The Balaban J connectivity index is 1.62. The number of benzene rings is 2. The second kappa shape index (κ2) is 13.3. The minimum atomic E-state index is -4.22. The zero-order chi connectivity index (χ0) is 28.7. The van der Waals surface area contributed by atoms with E-state index in [2.05, 4.69) is 15.3 Å². The molecular formula is C27H33N5O6S2. The number of carbonyl (C=O) groups excluding carboxylic acids is 2. The molecule has 1 aliphatic rings. The van der Waals surface area contributed by atoms with Crippen LogP contribution in [0.1, 0.15) is 25.0 Å². The zero-order valence-electron chi connectivity index (χ0n) is 22.2. The number of nitrogens with one attached hydrogen (secondary N) is 2. The molecule has 214 valence electrons. The average Bonchev–Trinajstić information content (AvgIpc) is 3.62. The SMILES string of the molecule is CSCCC(NC(=O)CN(C[C@@H]1CCCN1C(=O)Cc1cnc[nH]1)S(=O)(=O)c1cccc2ccccc12)C(=O)O. The molecule has 1 unspecified atom stereocenters. The first-order valence-electron chi connectivity index (χ1n) is 13.0. The minimum Gasteiger partial charge on any atom is -0.480 e. The van der Waals surface area contributed by atoms with Crippen LogP contribution in [-0.2, 0) is 30.8 Å². The van der Waals surface area contributed by atoms with E-state index in [0.717, 1.165) is 9.69 Å². The Labute approximate surface area is 237 Å². The molecule has 2 amide bonds. The van der Waals surface area contributed by atoms with Crippen LogP contribution in [0.5, 0.6) is 0 Å². The van der Waals surface area contributed by atoms with Crippen molar-refractivity contribution in [2.24, 2.45) is 0 Å². The van der Waals surface area contributed by atoms with E-state index in [0.29, 0.717) is 36.2 Å². The summed E-state index contributed by atoms with van der Waals surface area (Å²) >= 11 is 1.45. The van der Waals surface area contributed by atoms with Gasteiger partial charge < -0.3 is 20.3 Å². The topological polar surface area (TPSA) is 153 Å². The lowest BCUT2D eigenvalue weighted by atomic mass is 10.1. The van der Waals surface area contributed by atoms with Gasteiger partial charge in [-0.15, -0.1) is 0 Å². The number of H-pyrrole nitrogens is 1. The van der Waals surface area contributed by atoms with Crippen LogP contribution in [0.15, 0.2) is 59.9 Å². The summed E-state index contributed by atoms with van der Waals surface area (Å²) in [6, 6.07) is 10.4. The maximum atomic E-state index is 14.1. The van der Waals surface area contributed by atoms with Gasteiger partial charge in [0.25, 0.3) is 0 Å². The minimum absolute atomic E-state index is 0.0453. The van der Waals surface area contributed by atoms with Crippen LogP contribution in [0.4, 0.5) is 0 Å². The summed E-state index contributed by atoms with van der Waals surface area (Å²) in [6.45, 7) is -0.203. The van der Waals surface area contributed by atoms with Crippen LogP contribution >= 0.6 is 11.8 Å². The van der Waals surface area contributed by atoms with Crippen molar-refractivity contribution in [3.05, 3.63) is 60.7 Å². The Kier molecular flexibility index (Phi) is 9.82. The molecule has 13 heteroatoms. The summed E-state index contributed by atoms with van der Waals surface area (Å²) < 4.78 is 29.3. The molecule has 2 atom stereocenters. The van der Waals surface area contributed by atoms with Gasteiger partial charge in [-0.3, -0.25) is 9.59 Å². The smallest absolute Gasteiger partial charge is 0.326 e. The number of aliphatic carboxylic acids is 1. The molecule has 40 heavy (non-hydrogen) atoms. The Bertz CT molecular complexity index is 1440. The summed E-state index contributed by atoms with van der Waals surface area (Å²) in [5.74, 6) is -1.55. The van der Waals surface area contributed by atoms with E-state index >= 15 is 0 Å². The van der Waals surface area contributed by atoms with E-state index in [1.807, 2.05) is 12.3 Å². The molecule has 1 aliphatic heterocycles. The van der Waals surface area contributed by atoms with Crippen LogP contribution in [-0.4, -0.2) is 94.2 Å². The van der Waals surface area contributed by atoms with E-state index in [-0.39, 0.29) is 30.2 Å². The van der Waals surface area contributed by atoms with Gasteiger partial charge in [-0.1, -0.05) is 36.4 Å². The third-order valence-electron chi connectivity index (χ3n) is 6.94. The third-order valence-corrected chi connectivity index (χ3v) is 9.45. The number of sulfonamides is 1. The number of amides is 2. The third kappa shape index (κ3) is 7.01. The fourth-order valence-corrected chi connectivity index (χ4v) is 7.05. The van der Waals surface area contributed by atoms with Gasteiger partial charge in [-0.25, -0.2) is 18.2 Å². The predicted octanol–water partition coefficient (Wildman–Crippen LogP) is 2.11. The first kappa shape index (κ1) is 29.6. The predicted molar refractivity (Wildman–Crippen MR) is 152 cm³/mol. The number of carboxylic acids is 1.